The molecule has 0 aliphatic carbocycles. The van der Waals surface area contributed by atoms with Gasteiger partial charge in [0, 0.05) is 25.2 Å². The third kappa shape index (κ3) is 4.45. The second-order valence-corrected chi connectivity index (χ2v) is 6.37. The smallest absolute Gasteiger partial charge is 0.246 e. The zero-order valence-electron chi connectivity index (χ0n) is 15.2. The van der Waals surface area contributed by atoms with Gasteiger partial charge in [-0.05, 0) is 48.4 Å². The van der Waals surface area contributed by atoms with Gasteiger partial charge in [-0.1, -0.05) is 12.1 Å². The van der Waals surface area contributed by atoms with Gasteiger partial charge in [0.15, 0.2) is 0 Å². The quantitative estimate of drug-likeness (QED) is 0.817. The van der Waals surface area contributed by atoms with Gasteiger partial charge in [0.25, 0.3) is 0 Å². The van der Waals surface area contributed by atoms with Gasteiger partial charge in [-0.15, -0.1) is 0 Å². The van der Waals surface area contributed by atoms with Crippen molar-refractivity contribution < 1.29 is 14.3 Å². The molecule has 0 aromatic heterocycles. The number of methoxy groups -OCH3 is 1. The Hall–Kier alpha value is -3.33. The number of nitriles is 1. The summed E-state index contributed by atoms with van der Waals surface area (Å²) in [5.74, 6) is 0.637. The lowest BCUT2D eigenvalue weighted by atomic mass is 10.1. The molecule has 3 rings (SSSR count). The molecule has 1 heterocycles. The van der Waals surface area contributed by atoms with E-state index in [-0.39, 0.29) is 18.4 Å². The molecule has 1 saturated heterocycles. The van der Waals surface area contributed by atoms with Gasteiger partial charge in [0.1, 0.15) is 12.3 Å². The highest BCUT2D eigenvalue weighted by atomic mass is 16.5. The van der Waals surface area contributed by atoms with Crippen LogP contribution < -0.4 is 9.64 Å². The molecule has 1 fully saturated rings. The van der Waals surface area contributed by atoms with Crippen LogP contribution in [0, 0.1) is 11.3 Å². The molecule has 0 unspecified atom stereocenters. The van der Waals surface area contributed by atoms with Gasteiger partial charge in [0.2, 0.25) is 11.8 Å². The summed E-state index contributed by atoms with van der Waals surface area (Å²) in [7, 11) is 1.61. The highest BCUT2D eigenvalue weighted by Gasteiger charge is 2.27. The number of carbonyl (C=O) groups excluding carboxylic acids is 2. The van der Waals surface area contributed by atoms with Gasteiger partial charge in [-0.25, -0.2) is 0 Å². The number of piperazine rings is 1. The fourth-order valence-electron chi connectivity index (χ4n) is 3.11. The fourth-order valence-corrected chi connectivity index (χ4v) is 3.11. The van der Waals surface area contributed by atoms with Gasteiger partial charge in [-0.2, -0.15) is 5.26 Å². The maximum atomic E-state index is 12.5. The molecule has 0 atom stereocenters. The summed E-state index contributed by atoms with van der Waals surface area (Å²) in [6.45, 7) is 1.04. The molecule has 0 bridgehead atoms. The predicted octanol–water partition coefficient (Wildman–Crippen LogP) is 2.37. The summed E-state index contributed by atoms with van der Waals surface area (Å²) in [6.07, 6.45) is 0.970. The Kier molecular flexibility index (Phi) is 5.72. The molecule has 6 nitrogen and oxygen atoms in total. The van der Waals surface area contributed by atoms with Gasteiger partial charge >= 0.3 is 0 Å². The van der Waals surface area contributed by atoms with Crippen LogP contribution in [0.25, 0.3) is 0 Å². The zero-order valence-corrected chi connectivity index (χ0v) is 15.2. The molecule has 0 saturated carbocycles. The minimum absolute atomic E-state index is 0.0225. The minimum atomic E-state index is -0.110. The third-order valence-corrected chi connectivity index (χ3v) is 4.64. The molecule has 0 radical (unpaired) electrons. The summed E-state index contributed by atoms with van der Waals surface area (Å²) < 4.78 is 5.20. The van der Waals surface area contributed by atoms with Crippen molar-refractivity contribution in [2.45, 2.75) is 12.8 Å². The Morgan fingerprint density at radius 2 is 1.96 bits per heavy atom. The average molecular weight is 363 g/mol. The first-order valence-corrected chi connectivity index (χ1v) is 8.82. The predicted molar refractivity (Wildman–Crippen MR) is 101 cm³/mol. The van der Waals surface area contributed by atoms with E-state index in [2.05, 4.69) is 6.07 Å². The number of rotatable bonds is 5. The van der Waals surface area contributed by atoms with E-state index in [1.165, 1.54) is 0 Å². The molecule has 1 aliphatic rings. The molecule has 2 amide bonds. The number of hydrogen-bond donors (Lipinski definition) is 0. The minimum Gasteiger partial charge on any atom is -0.497 e. The highest BCUT2D eigenvalue weighted by Crippen LogP contribution is 2.19. The fraction of sp³-hybridized carbons (Fsp3) is 0.286. The Labute approximate surface area is 158 Å². The zero-order chi connectivity index (χ0) is 19.2. The maximum absolute atomic E-state index is 12.5. The monoisotopic (exact) mass is 363 g/mol. The standard InChI is InChI=1S/C21H21N3O3/c1-27-19-4-2-3-16(13-19)7-10-20(25)23-11-12-24(21(26)15-23)18-8-5-17(14-22)6-9-18/h2-6,8-9,13H,7,10-12,15H2,1H3. The number of hydrogen-bond acceptors (Lipinski definition) is 4. The van der Waals surface area contributed by atoms with E-state index in [0.717, 1.165) is 17.0 Å². The third-order valence-electron chi connectivity index (χ3n) is 4.64. The number of aryl methyl sites for hydroxylation is 1. The number of benzene rings is 2. The van der Waals surface area contributed by atoms with Crippen molar-refractivity contribution in [1.82, 2.24) is 4.90 Å². The summed E-state index contributed by atoms with van der Waals surface area (Å²) in [5.41, 5.74) is 2.34. The van der Waals surface area contributed by atoms with E-state index >= 15 is 0 Å². The normalized spacial score (nSPS) is 14.0. The van der Waals surface area contributed by atoms with Crippen LogP contribution in [0.15, 0.2) is 48.5 Å². The SMILES string of the molecule is COc1cccc(CCC(=O)N2CCN(c3ccc(C#N)cc3)C(=O)C2)c1. The van der Waals surface area contributed by atoms with Crippen LogP contribution in [0.5, 0.6) is 5.75 Å². The number of carbonyl (C=O) groups is 2. The summed E-state index contributed by atoms with van der Waals surface area (Å²) >= 11 is 0. The second kappa shape index (κ2) is 8.37. The second-order valence-electron chi connectivity index (χ2n) is 6.37. The van der Waals surface area contributed by atoms with Crippen LogP contribution >= 0.6 is 0 Å². The molecular weight excluding hydrogens is 342 g/mol. The Morgan fingerprint density at radius 1 is 1.19 bits per heavy atom. The van der Waals surface area contributed by atoms with Crippen LogP contribution in [-0.4, -0.2) is 43.5 Å². The lowest BCUT2D eigenvalue weighted by Crippen LogP contribution is -2.52. The van der Waals surface area contributed by atoms with E-state index in [1.54, 1.807) is 41.2 Å². The lowest BCUT2D eigenvalue weighted by Gasteiger charge is -2.34. The van der Waals surface area contributed by atoms with E-state index in [9.17, 15) is 9.59 Å². The maximum Gasteiger partial charge on any atom is 0.246 e. The topological polar surface area (TPSA) is 73.6 Å². The van der Waals surface area contributed by atoms with E-state index in [1.807, 2.05) is 24.3 Å². The van der Waals surface area contributed by atoms with Gasteiger partial charge in [-0.3, -0.25) is 9.59 Å². The Morgan fingerprint density at radius 3 is 2.63 bits per heavy atom. The summed E-state index contributed by atoms with van der Waals surface area (Å²) in [4.78, 5) is 28.2. The van der Waals surface area contributed by atoms with Crippen LogP contribution in [0.4, 0.5) is 5.69 Å². The first-order chi connectivity index (χ1) is 13.1. The molecular formula is C21H21N3O3. The van der Waals surface area contributed by atoms with E-state index < -0.39 is 0 Å². The molecule has 6 heteroatoms. The first-order valence-electron chi connectivity index (χ1n) is 8.82. The van der Waals surface area contributed by atoms with Crippen LogP contribution in [0.1, 0.15) is 17.5 Å². The molecule has 0 spiro atoms. The molecule has 1 aliphatic heterocycles. The largest absolute Gasteiger partial charge is 0.497 e. The summed E-state index contributed by atoms with van der Waals surface area (Å²) in [5, 5.41) is 8.87. The molecule has 0 N–H and O–H groups in total. The summed E-state index contributed by atoms with van der Waals surface area (Å²) in [6, 6.07) is 16.6. The van der Waals surface area contributed by atoms with Gasteiger partial charge in [0.05, 0.1) is 18.7 Å². The van der Waals surface area contributed by atoms with Crippen molar-refractivity contribution in [3.05, 3.63) is 59.7 Å². The van der Waals surface area contributed by atoms with Crippen molar-refractivity contribution in [2.75, 3.05) is 31.6 Å². The average Bonchev–Trinajstić information content (AvgIpc) is 2.72. The van der Waals surface area contributed by atoms with Crippen LogP contribution in [0.2, 0.25) is 0 Å². The van der Waals surface area contributed by atoms with Gasteiger partial charge < -0.3 is 14.5 Å². The number of anilines is 1. The molecule has 2 aromatic carbocycles. The van der Waals surface area contributed by atoms with Crippen LogP contribution in [0.3, 0.4) is 0 Å². The Bertz CT molecular complexity index is 871. The van der Waals surface area contributed by atoms with Crippen molar-refractivity contribution in [3.63, 3.8) is 0 Å². The van der Waals surface area contributed by atoms with Crippen molar-refractivity contribution >= 4 is 17.5 Å². The van der Waals surface area contributed by atoms with Crippen molar-refractivity contribution in [3.8, 4) is 11.8 Å². The first kappa shape index (κ1) is 18.5. The molecule has 138 valence electrons. The van der Waals surface area contributed by atoms with E-state index in [4.69, 9.17) is 10.00 Å². The van der Waals surface area contributed by atoms with Crippen molar-refractivity contribution in [2.24, 2.45) is 0 Å². The number of ether oxygens (including phenoxy) is 1. The van der Waals surface area contributed by atoms with Crippen molar-refractivity contribution in [1.29, 1.82) is 5.26 Å². The number of nitrogens with zero attached hydrogens (tertiary/aromatic N) is 3. The highest BCUT2D eigenvalue weighted by molar-refractivity contribution is 5.98. The molecule has 2 aromatic rings. The Balaban J connectivity index is 1.55. The lowest BCUT2D eigenvalue weighted by molar-refractivity contribution is -0.136. The van der Waals surface area contributed by atoms with Crippen LogP contribution in [-0.2, 0) is 16.0 Å². The number of amides is 2. The molecule has 27 heavy (non-hydrogen) atoms. The van der Waals surface area contributed by atoms with E-state index in [0.29, 0.717) is 31.5 Å².